The number of hydrogen-bond donors (Lipinski definition) is 0. The number of allylic oxidation sites excluding steroid dienone is 4. The SMILES string of the molecule is COC(=O)C1(C(=O)OC)CC2=C/C[C](C)[CH][C](C)C/C=C\2C1.[CH]1[CH][CH][CH][CH]1.[Ti]. The molecular formula is C23H28O4Ti. The van der Waals surface area contributed by atoms with Gasteiger partial charge in [-0.2, -0.15) is 0 Å². The van der Waals surface area contributed by atoms with E-state index in [0.29, 0.717) is 12.8 Å². The van der Waals surface area contributed by atoms with Gasteiger partial charge in [0.1, 0.15) is 0 Å². The Hall–Kier alpha value is -0.866. The average molecular weight is 416 g/mol. The van der Waals surface area contributed by atoms with Crippen LogP contribution in [0.15, 0.2) is 23.3 Å². The molecule has 0 aliphatic heterocycles. The smallest absolute Gasteiger partial charge is 0.323 e. The molecule has 0 amide bonds. The summed E-state index contributed by atoms with van der Waals surface area (Å²) < 4.78 is 9.77. The van der Waals surface area contributed by atoms with Crippen LogP contribution in [0.4, 0.5) is 0 Å². The topological polar surface area (TPSA) is 52.6 Å². The number of methoxy groups -OCH3 is 2. The van der Waals surface area contributed by atoms with Crippen LogP contribution < -0.4 is 0 Å². The van der Waals surface area contributed by atoms with Crippen molar-refractivity contribution in [1.29, 1.82) is 0 Å². The van der Waals surface area contributed by atoms with Gasteiger partial charge in [-0.25, -0.2) is 0 Å². The minimum Gasteiger partial charge on any atom is -0.468 e. The maximum absolute atomic E-state index is 12.3. The van der Waals surface area contributed by atoms with Crippen molar-refractivity contribution in [3.63, 3.8) is 0 Å². The van der Waals surface area contributed by atoms with Gasteiger partial charge in [-0.15, -0.1) is 0 Å². The van der Waals surface area contributed by atoms with Crippen molar-refractivity contribution < 1.29 is 40.8 Å². The Morgan fingerprint density at radius 3 is 1.46 bits per heavy atom. The molecule has 148 valence electrons. The van der Waals surface area contributed by atoms with E-state index < -0.39 is 17.4 Å². The molecule has 4 nitrogen and oxygen atoms in total. The number of ether oxygens (including phenoxy) is 2. The molecule has 3 aliphatic carbocycles. The standard InChI is InChI=1S/C18H23O4.C5H5.Ti/c1-12-5-7-14-10-18(16(19)21-3,17(20)22-4)11-15(14)8-6-13(2)9-12;1-2-4-5-3-1;/h7-9H,5-6,10-11H2,1-4H3;1-5H;/b14-7-,15-8-;;. The monoisotopic (exact) mass is 416 g/mol. The minimum absolute atomic E-state index is 0. The Balaban J connectivity index is 0.000000567. The molecule has 8 radical (unpaired) electrons. The summed E-state index contributed by atoms with van der Waals surface area (Å²) in [5, 5.41) is 0. The molecule has 0 N–H and O–H groups in total. The normalized spacial score (nSPS) is 25.7. The maximum Gasteiger partial charge on any atom is 0.323 e. The van der Waals surface area contributed by atoms with Gasteiger partial charge in [0, 0.05) is 21.7 Å². The summed E-state index contributed by atoms with van der Waals surface area (Å²) in [6.07, 6.45) is 18.8. The molecule has 0 aromatic carbocycles. The predicted molar refractivity (Wildman–Crippen MR) is 105 cm³/mol. The Morgan fingerprint density at radius 1 is 0.786 bits per heavy atom. The van der Waals surface area contributed by atoms with Gasteiger partial charge in [-0.05, 0) is 87.2 Å². The largest absolute Gasteiger partial charge is 0.468 e. The van der Waals surface area contributed by atoms with E-state index >= 15 is 0 Å². The Bertz CT molecular complexity index is 536. The van der Waals surface area contributed by atoms with E-state index in [4.69, 9.17) is 9.47 Å². The Morgan fingerprint density at radius 2 is 1.14 bits per heavy atom. The van der Waals surface area contributed by atoms with E-state index in [-0.39, 0.29) is 21.7 Å². The van der Waals surface area contributed by atoms with Crippen LogP contribution in [0.3, 0.4) is 0 Å². The van der Waals surface area contributed by atoms with Crippen LogP contribution in [0.5, 0.6) is 0 Å². The van der Waals surface area contributed by atoms with Gasteiger partial charge in [-0.3, -0.25) is 9.59 Å². The van der Waals surface area contributed by atoms with Gasteiger partial charge < -0.3 is 9.47 Å². The molecular weight excluding hydrogens is 388 g/mol. The fourth-order valence-electron chi connectivity index (χ4n) is 3.54. The minimum atomic E-state index is -1.23. The van der Waals surface area contributed by atoms with Crippen LogP contribution in [-0.4, -0.2) is 26.2 Å². The third-order valence-corrected chi connectivity index (χ3v) is 4.94. The molecule has 2 saturated carbocycles. The molecule has 3 aliphatic rings. The summed E-state index contributed by atoms with van der Waals surface area (Å²) in [5.41, 5.74) is 0.878. The number of fused-ring (bicyclic) bond motifs is 1. The number of carbonyl (C=O) groups is 2. The predicted octanol–water partition coefficient (Wildman–Crippen LogP) is 4.17. The molecule has 0 bridgehead atoms. The first-order chi connectivity index (χ1) is 12.9. The fraction of sp³-hybridized carbons (Fsp3) is 0.391. The second kappa shape index (κ2) is 12.0. The third-order valence-electron chi connectivity index (χ3n) is 4.94. The summed E-state index contributed by atoms with van der Waals surface area (Å²) in [6, 6.07) is 0. The summed E-state index contributed by atoms with van der Waals surface area (Å²) >= 11 is 0. The van der Waals surface area contributed by atoms with Crippen molar-refractivity contribution in [1.82, 2.24) is 0 Å². The molecule has 0 heterocycles. The van der Waals surface area contributed by atoms with Crippen molar-refractivity contribution in [3.05, 3.63) is 73.7 Å². The molecule has 0 aromatic rings. The van der Waals surface area contributed by atoms with Gasteiger partial charge in [0.05, 0.1) is 14.2 Å². The quantitative estimate of drug-likeness (QED) is 0.385. The summed E-state index contributed by atoms with van der Waals surface area (Å²) in [6.45, 7) is 4.18. The van der Waals surface area contributed by atoms with E-state index in [9.17, 15) is 9.59 Å². The van der Waals surface area contributed by atoms with Crippen molar-refractivity contribution in [2.75, 3.05) is 14.2 Å². The van der Waals surface area contributed by atoms with E-state index in [1.165, 1.54) is 26.1 Å². The number of rotatable bonds is 2. The summed E-state index contributed by atoms with van der Waals surface area (Å²) in [5.74, 6) is 1.51. The van der Waals surface area contributed by atoms with Gasteiger partial charge in [0.2, 0.25) is 0 Å². The van der Waals surface area contributed by atoms with Crippen LogP contribution in [0.2, 0.25) is 0 Å². The van der Waals surface area contributed by atoms with Crippen molar-refractivity contribution in [2.24, 2.45) is 5.41 Å². The van der Waals surface area contributed by atoms with Crippen LogP contribution in [0.25, 0.3) is 0 Å². The Labute approximate surface area is 185 Å². The van der Waals surface area contributed by atoms with E-state index in [1.807, 2.05) is 32.1 Å². The molecule has 0 atom stereocenters. The zero-order valence-electron chi connectivity index (χ0n) is 17.1. The second-order valence-corrected chi connectivity index (χ2v) is 7.09. The van der Waals surface area contributed by atoms with E-state index in [2.05, 4.69) is 32.4 Å². The Kier molecular flexibility index (Phi) is 10.8. The van der Waals surface area contributed by atoms with Gasteiger partial charge >= 0.3 is 11.9 Å². The van der Waals surface area contributed by atoms with Crippen molar-refractivity contribution in [3.8, 4) is 0 Å². The first kappa shape index (κ1) is 25.2. The fourth-order valence-corrected chi connectivity index (χ4v) is 3.54. The number of carbonyl (C=O) groups excluding carboxylic acids is 2. The van der Waals surface area contributed by atoms with E-state index in [0.717, 1.165) is 24.0 Å². The molecule has 0 aromatic heterocycles. The van der Waals surface area contributed by atoms with Crippen LogP contribution in [0, 0.1) is 55.8 Å². The second-order valence-electron chi connectivity index (χ2n) is 7.09. The zero-order chi connectivity index (χ0) is 19.9. The molecule has 2 fully saturated rings. The molecule has 0 unspecified atom stereocenters. The molecule has 0 spiro atoms. The van der Waals surface area contributed by atoms with Crippen molar-refractivity contribution in [2.45, 2.75) is 39.5 Å². The summed E-state index contributed by atoms with van der Waals surface area (Å²) in [7, 11) is 2.62. The average Bonchev–Trinajstić information content (AvgIpc) is 3.35. The van der Waals surface area contributed by atoms with Crippen LogP contribution >= 0.6 is 0 Å². The first-order valence-electron chi connectivity index (χ1n) is 9.14. The van der Waals surface area contributed by atoms with Gasteiger partial charge in [-0.1, -0.05) is 26.0 Å². The summed E-state index contributed by atoms with van der Waals surface area (Å²) in [4.78, 5) is 24.5. The molecule has 28 heavy (non-hydrogen) atoms. The third kappa shape index (κ3) is 6.32. The van der Waals surface area contributed by atoms with Gasteiger partial charge in [0.25, 0.3) is 0 Å². The maximum atomic E-state index is 12.3. The van der Waals surface area contributed by atoms with Gasteiger partial charge in [0.15, 0.2) is 5.41 Å². The molecule has 5 heteroatoms. The number of esters is 2. The number of hydrogen-bond acceptors (Lipinski definition) is 4. The van der Waals surface area contributed by atoms with Crippen molar-refractivity contribution >= 4 is 11.9 Å². The molecule has 3 rings (SSSR count). The first-order valence-corrected chi connectivity index (χ1v) is 9.14. The van der Waals surface area contributed by atoms with Crippen LogP contribution in [-0.2, 0) is 40.8 Å². The van der Waals surface area contributed by atoms with Crippen LogP contribution in [0.1, 0.15) is 39.5 Å². The molecule has 0 saturated heterocycles. The zero-order valence-corrected chi connectivity index (χ0v) is 18.6. The van der Waals surface area contributed by atoms with E-state index in [1.54, 1.807) is 0 Å².